The predicted molar refractivity (Wildman–Crippen MR) is 126 cm³/mol. The third-order valence-corrected chi connectivity index (χ3v) is 6.89. The van der Waals surface area contributed by atoms with Gasteiger partial charge >= 0.3 is 0 Å². The van der Waals surface area contributed by atoms with Gasteiger partial charge in [-0.05, 0) is 48.5 Å². The van der Waals surface area contributed by atoms with Gasteiger partial charge in [0.1, 0.15) is 28.8 Å². The number of thiophene rings is 2. The topological polar surface area (TPSA) is 74.6 Å². The molecule has 0 saturated carbocycles. The average molecular weight is 435 g/mol. The molecule has 0 saturated heterocycles. The summed E-state index contributed by atoms with van der Waals surface area (Å²) >= 11 is 3.05. The van der Waals surface area contributed by atoms with Gasteiger partial charge < -0.3 is 4.90 Å². The van der Waals surface area contributed by atoms with Gasteiger partial charge in [0.2, 0.25) is 0 Å². The maximum Gasteiger partial charge on any atom is 0.148 e. The molecule has 0 N–H and O–H groups in total. The molecule has 4 aromatic rings. The summed E-state index contributed by atoms with van der Waals surface area (Å²) in [6, 6.07) is 33.8. The van der Waals surface area contributed by atoms with E-state index >= 15 is 0 Å². The minimum absolute atomic E-state index is 0.119. The van der Waals surface area contributed by atoms with Gasteiger partial charge in [0.05, 0.1) is 5.57 Å². The summed E-state index contributed by atoms with van der Waals surface area (Å²) < 4.78 is 0. The predicted octanol–water partition coefficient (Wildman–Crippen LogP) is 7.27. The highest BCUT2D eigenvalue weighted by atomic mass is 32.1. The maximum atomic E-state index is 9.41. The molecule has 4 rings (SSSR count). The number of para-hydroxylation sites is 2. The van der Waals surface area contributed by atoms with Gasteiger partial charge in [0.25, 0.3) is 0 Å². The summed E-state index contributed by atoms with van der Waals surface area (Å²) in [4.78, 5) is 4.85. The quantitative estimate of drug-likeness (QED) is 0.310. The Morgan fingerprint density at radius 3 is 1.71 bits per heavy atom. The fourth-order valence-electron chi connectivity index (χ4n) is 3.11. The lowest BCUT2D eigenvalue weighted by atomic mass is 10.1. The van der Waals surface area contributed by atoms with E-state index in [1.165, 1.54) is 11.3 Å². The summed E-state index contributed by atoms with van der Waals surface area (Å²) in [5.41, 5.74) is 2.09. The van der Waals surface area contributed by atoms with Crippen molar-refractivity contribution < 1.29 is 0 Å². The van der Waals surface area contributed by atoms with E-state index in [0.717, 1.165) is 26.1 Å². The van der Waals surface area contributed by atoms with Crippen molar-refractivity contribution in [2.24, 2.45) is 0 Å². The molecule has 4 nitrogen and oxygen atoms in total. The summed E-state index contributed by atoms with van der Waals surface area (Å²) in [7, 11) is 0. The van der Waals surface area contributed by atoms with Crippen LogP contribution in [0.1, 0.15) is 4.88 Å². The first-order valence-electron chi connectivity index (χ1n) is 9.30. The largest absolute Gasteiger partial charge is 0.302 e. The summed E-state index contributed by atoms with van der Waals surface area (Å²) in [6.07, 6.45) is 0. The van der Waals surface area contributed by atoms with Gasteiger partial charge in [-0.25, -0.2) is 0 Å². The zero-order chi connectivity index (χ0) is 21.6. The van der Waals surface area contributed by atoms with Crippen LogP contribution in [0.3, 0.4) is 0 Å². The number of rotatable bonds is 5. The summed E-state index contributed by atoms with van der Waals surface area (Å²) in [5, 5.41) is 28.7. The molecule has 6 heteroatoms. The Morgan fingerprint density at radius 1 is 0.613 bits per heavy atom. The highest BCUT2D eigenvalue weighted by Crippen LogP contribution is 2.43. The van der Waals surface area contributed by atoms with Crippen LogP contribution in [0.5, 0.6) is 0 Å². The molecule has 31 heavy (non-hydrogen) atoms. The Bertz CT molecular complexity index is 1310. The Labute approximate surface area is 188 Å². The zero-order valence-electron chi connectivity index (χ0n) is 16.2. The van der Waals surface area contributed by atoms with Crippen LogP contribution in [0, 0.1) is 34.0 Å². The van der Waals surface area contributed by atoms with Crippen LogP contribution in [0.4, 0.5) is 16.4 Å². The van der Waals surface area contributed by atoms with Crippen molar-refractivity contribution >= 4 is 44.6 Å². The maximum absolute atomic E-state index is 9.41. The normalized spacial score (nSPS) is 9.84. The molecule has 0 atom stereocenters. The van der Waals surface area contributed by atoms with Gasteiger partial charge in [0.15, 0.2) is 0 Å². The first-order chi connectivity index (χ1) is 15.2. The van der Waals surface area contributed by atoms with Crippen LogP contribution >= 0.6 is 22.7 Å². The summed E-state index contributed by atoms with van der Waals surface area (Å²) in [5.74, 6) is 0. The zero-order valence-corrected chi connectivity index (χ0v) is 17.8. The second-order valence-corrected chi connectivity index (χ2v) is 8.54. The first kappa shape index (κ1) is 20.1. The van der Waals surface area contributed by atoms with Crippen molar-refractivity contribution in [1.29, 1.82) is 15.8 Å². The second kappa shape index (κ2) is 9.11. The molecule has 0 spiro atoms. The van der Waals surface area contributed by atoms with Crippen LogP contribution in [-0.2, 0) is 0 Å². The Morgan fingerprint density at radius 2 is 1.16 bits per heavy atom. The van der Waals surface area contributed by atoms with E-state index < -0.39 is 0 Å². The van der Waals surface area contributed by atoms with Crippen molar-refractivity contribution in [3.63, 3.8) is 0 Å². The van der Waals surface area contributed by atoms with Gasteiger partial charge in [-0.15, -0.1) is 22.7 Å². The lowest BCUT2D eigenvalue weighted by Crippen LogP contribution is -2.07. The molecule has 0 radical (unpaired) electrons. The Kier molecular flexibility index (Phi) is 5.92. The highest BCUT2D eigenvalue weighted by Gasteiger charge is 2.17. The van der Waals surface area contributed by atoms with Crippen LogP contribution in [0.2, 0.25) is 0 Å². The van der Waals surface area contributed by atoms with Gasteiger partial charge in [-0.1, -0.05) is 36.4 Å². The van der Waals surface area contributed by atoms with E-state index in [4.69, 9.17) is 10.5 Å². The van der Waals surface area contributed by atoms with E-state index in [0.29, 0.717) is 4.88 Å². The number of nitrogens with zero attached hydrogens (tertiary/aromatic N) is 4. The van der Waals surface area contributed by atoms with Gasteiger partial charge in [-0.2, -0.15) is 15.8 Å². The van der Waals surface area contributed by atoms with Crippen LogP contribution in [0.15, 0.2) is 90.5 Å². The standard InChI is InChI=1S/C25H14N4S2/c26-15-18(16-27)21(17-28)22-11-12-23(30-22)24-13-14-25(31-24)29(19-7-3-1-4-8-19)20-9-5-2-6-10-20/h1-14H. The smallest absolute Gasteiger partial charge is 0.148 e. The SMILES string of the molecule is N#CC(C#N)=C(C#N)c1ccc(-c2ccc(N(c3ccccc3)c3ccccc3)s2)s1. The van der Waals surface area contributed by atoms with Gasteiger partial charge in [-0.3, -0.25) is 0 Å². The van der Waals surface area contributed by atoms with Crippen LogP contribution in [0.25, 0.3) is 15.3 Å². The van der Waals surface area contributed by atoms with E-state index in [9.17, 15) is 5.26 Å². The fraction of sp³-hybridized carbons (Fsp3) is 0. The third-order valence-electron chi connectivity index (χ3n) is 4.52. The molecule has 0 amide bonds. The lowest BCUT2D eigenvalue weighted by Gasteiger charge is -2.23. The number of benzene rings is 2. The van der Waals surface area contributed by atoms with Crippen molar-refractivity contribution in [3.8, 4) is 28.0 Å². The van der Waals surface area contributed by atoms with Crippen molar-refractivity contribution in [1.82, 2.24) is 0 Å². The first-order valence-corrected chi connectivity index (χ1v) is 10.9. The van der Waals surface area contributed by atoms with Gasteiger partial charge in [0, 0.05) is 26.0 Å². The number of allylic oxidation sites excluding steroid dienone is 2. The van der Waals surface area contributed by atoms with Crippen LogP contribution in [-0.4, -0.2) is 0 Å². The monoisotopic (exact) mass is 434 g/mol. The van der Waals surface area contributed by atoms with E-state index in [-0.39, 0.29) is 11.1 Å². The minimum atomic E-state index is -0.165. The molecule has 0 aliphatic heterocycles. The van der Waals surface area contributed by atoms with Crippen molar-refractivity contribution in [2.75, 3.05) is 4.90 Å². The molecule has 0 aliphatic rings. The average Bonchev–Trinajstić information content (AvgIpc) is 3.49. The molecule has 146 valence electrons. The minimum Gasteiger partial charge on any atom is -0.302 e. The van der Waals surface area contributed by atoms with Crippen molar-refractivity contribution in [2.45, 2.75) is 0 Å². The van der Waals surface area contributed by atoms with E-state index in [1.807, 2.05) is 48.5 Å². The number of hydrogen-bond donors (Lipinski definition) is 0. The van der Waals surface area contributed by atoms with E-state index in [1.54, 1.807) is 29.5 Å². The highest BCUT2D eigenvalue weighted by molar-refractivity contribution is 7.24. The number of nitriles is 3. The Hall–Kier alpha value is -4.15. The molecule has 2 aromatic carbocycles. The molecule has 2 heterocycles. The number of anilines is 3. The second-order valence-electron chi connectivity index (χ2n) is 6.39. The number of hydrogen-bond acceptors (Lipinski definition) is 6. The lowest BCUT2D eigenvalue weighted by molar-refractivity contribution is 1.32. The molecular formula is C25H14N4S2. The Balaban J connectivity index is 1.74. The third kappa shape index (κ3) is 4.10. The van der Waals surface area contributed by atoms with Crippen LogP contribution < -0.4 is 4.90 Å². The summed E-state index contributed by atoms with van der Waals surface area (Å²) in [6.45, 7) is 0. The molecule has 0 bridgehead atoms. The van der Waals surface area contributed by atoms with Crippen molar-refractivity contribution in [3.05, 3.63) is 95.4 Å². The molecule has 2 aromatic heterocycles. The molecular weight excluding hydrogens is 420 g/mol. The van der Waals surface area contributed by atoms with E-state index in [2.05, 4.69) is 41.3 Å². The fourth-order valence-corrected chi connectivity index (χ4v) is 5.26. The molecule has 0 fully saturated rings. The molecule has 0 unspecified atom stereocenters. The molecule has 0 aliphatic carbocycles.